The van der Waals surface area contributed by atoms with E-state index in [1.165, 1.54) is 4.90 Å². The highest BCUT2D eigenvalue weighted by molar-refractivity contribution is 9.10. The van der Waals surface area contributed by atoms with Crippen molar-refractivity contribution in [2.75, 3.05) is 6.54 Å². The number of imide groups is 1. The second-order valence-electron chi connectivity index (χ2n) is 11.9. The largest absolute Gasteiger partial charge is 0.297 e. The monoisotopic (exact) mass is 691 g/mol. The first-order valence-corrected chi connectivity index (χ1v) is 16.3. The number of hydrogen-bond acceptors (Lipinski definition) is 3. The number of fused-ring (bicyclic) bond motifs is 13. The maximum atomic E-state index is 15.8. The number of rotatable bonds is 5. The zero-order valence-corrected chi connectivity index (χ0v) is 26.6. The van der Waals surface area contributed by atoms with Crippen LogP contribution >= 0.6 is 31.9 Å². The van der Waals surface area contributed by atoms with Gasteiger partial charge in [0.15, 0.2) is 5.78 Å². The molecule has 6 heteroatoms. The topological polar surface area (TPSA) is 54.5 Å². The summed E-state index contributed by atoms with van der Waals surface area (Å²) in [5.41, 5.74) is 0.627. The van der Waals surface area contributed by atoms with Crippen LogP contribution < -0.4 is 0 Å². The van der Waals surface area contributed by atoms with Crippen LogP contribution in [0.5, 0.6) is 0 Å². The van der Waals surface area contributed by atoms with Crippen molar-refractivity contribution in [3.8, 4) is 0 Å². The Hall–Kier alpha value is -3.61. The van der Waals surface area contributed by atoms with Crippen LogP contribution in [-0.2, 0) is 25.2 Å². The van der Waals surface area contributed by atoms with E-state index >= 15 is 4.79 Å². The maximum absolute atomic E-state index is 15.8. The molecule has 3 aliphatic rings. The van der Waals surface area contributed by atoms with Crippen molar-refractivity contribution in [1.29, 1.82) is 0 Å². The van der Waals surface area contributed by atoms with Crippen molar-refractivity contribution in [2.24, 2.45) is 11.8 Å². The summed E-state index contributed by atoms with van der Waals surface area (Å²) in [6.45, 7) is 2.42. The van der Waals surface area contributed by atoms with Crippen molar-refractivity contribution >= 4 is 71.0 Å². The van der Waals surface area contributed by atoms with Gasteiger partial charge in [-0.3, -0.25) is 19.3 Å². The second-order valence-corrected chi connectivity index (χ2v) is 13.8. The molecule has 43 heavy (non-hydrogen) atoms. The minimum Gasteiger partial charge on any atom is -0.297 e. The molecule has 5 aromatic rings. The molecule has 0 unspecified atom stereocenters. The van der Waals surface area contributed by atoms with Gasteiger partial charge < -0.3 is 0 Å². The maximum Gasteiger partial charge on any atom is 0.234 e. The van der Waals surface area contributed by atoms with Crippen molar-refractivity contribution < 1.29 is 14.4 Å². The Morgan fingerprint density at radius 2 is 1.07 bits per heavy atom. The predicted octanol–water partition coefficient (Wildman–Crippen LogP) is 8.09. The normalized spacial score (nSPS) is 25.7. The molecule has 2 aliphatic carbocycles. The first-order valence-electron chi connectivity index (χ1n) is 14.7. The lowest BCUT2D eigenvalue weighted by molar-refractivity contribution is -0.143. The zero-order valence-electron chi connectivity index (χ0n) is 23.4. The number of carbonyl (C=O) groups excluding carboxylic acids is 3. The standard InChI is InChI=1S/C37H27Br2NO3/c1-2-3-18-40-33(41)31-32(34(40)42)37(22-12-8-5-9-13-22)30-26-17-15-24(39)20-28(26)27-19-23(38)14-16-25(27)29(30)36(31,35(37)43)21-10-6-4-7-11-21/h4-17,19-20,31-32H,2-3,18H2,1H3/t31-,32+,36+,37-. The molecule has 1 saturated carbocycles. The lowest BCUT2D eigenvalue weighted by Gasteiger charge is -2.38. The lowest BCUT2D eigenvalue weighted by Crippen LogP contribution is -2.45. The molecule has 2 bridgehead atoms. The number of hydrogen-bond donors (Lipinski definition) is 0. The van der Waals surface area contributed by atoms with Gasteiger partial charge in [0.1, 0.15) is 0 Å². The van der Waals surface area contributed by atoms with Gasteiger partial charge in [-0.2, -0.15) is 0 Å². The molecule has 1 heterocycles. The highest BCUT2D eigenvalue weighted by Crippen LogP contribution is 2.72. The van der Waals surface area contributed by atoms with Gasteiger partial charge in [-0.05, 0) is 74.5 Å². The van der Waals surface area contributed by atoms with E-state index in [9.17, 15) is 9.59 Å². The predicted molar refractivity (Wildman–Crippen MR) is 175 cm³/mol. The molecule has 0 aromatic heterocycles. The Morgan fingerprint density at radius 1 is 0.628 bits per heavy atom. The van der Waals surface area contributed by atoms with Gasteiger partial charge in [0.25, 0.3) is 0 Å². The summed E-state index contributed by atoms with van der Waals surface area (Å²) < 4.78 is 1.86. The fraction of sp³-hybridized carbons (Fsp3) is 0.216. The van der Waals surface area contributed by atoms with E-state index < -0.39 is 22.7 Å². The minimum absolute atomic E-state index is 0.0705. The van der Waals surface area contributed by atoms with E-state index in [0.717, 1.165) is 65.6 Å². The highest BCUT2D eigenvalue weighted by atomic mass is 79.9. The Kier molecular flexibility index (Phi) is 5.92. The van der Waals surface area contributed by atoms with E-state index in [0.29, 0.717) is 6.54 Å². The first-order chi connectivity index (χ1) is 20.9. The molecule has 5 aromatic carbocycles. The number of nitrogens with zero attached hydrogens (tertiary/aromatic N) is 1. The van der Waals surface area contributed by atoms with Gasteiger partial charge >= 0.3 is 0 Å². The summed E-state index contributed by atoms with van der Waals surface area (Å²) in [6, 6.07) is 31.8. The van der Waals surface area contributed by atoms with E-state index in [4.69, 9.17) is 0 Å². The van der Waals surface area contributed by atoms with Crippen LogP contribution in [0.3, 0.4) is 0 Å². The molecule has 4 nitrogen and oxygen atoms in total. The molecule has 2 amide bonds. The van der Waals surface area contributed by atoms with Crippen LogP contribution in [0.2, 0.25) is 0 Å². The van der Waals surface area contributed by atoms with E-state index in [1.807, 2.05) is 72.8 Å². The molecule has 0 N–H and O–H groups in total. The summed E-state index contributed by atoms with van der Waals surface area (Å²) in [4.78, 5) is 46.5. The van der Waals surface area contributed by atoms with E-state index in [2.05, 4.69) is 63.0 Å². The van der Waals surface area contributed by atoms with Gasteiger partial charge in [0, 0.05) is 15.5 Å². The molecule has 0 radical (unpaired) electrons. The molecule has 212 valence electrons. The Bertz CT molecular complexity index is 1880. The van der Waals surface area contributed by atoms with Crippen molar-refractivity contribution in [2.45, 2.75) is 30.6 Å². The third-order valence-electron chi connectivity index (χ3n) is 10.1. The van der Waals surface area contributed by atoms with Crippen molar-refractivity contribution in [1.82, 2.24) is 4.90 Å². The molecule has 0 spiro atoms. The average Bonchev–Trinajstić information content (AvgIpc) is 3.53. The minimum atomic E-state index is -1.32. The molecule has 2 fully saturated rings. The first kappa shape index (κ1) is 27.0. The number of amides is 2. The Labute approximate surface area is 266 Å². The van der Waals surface area contributed by atoms with Gasteiger partial charge in [0.2, 0.25) is 11.8 Å². The second kappa shape index (κ2) is 9.44. The lowest BCUT2D eigenvalue weighted by atomic mass is 9.59. The smallest absolute Gasteiger partial charge is 0.234 e. The number of ketones is 1. The number of likely N-dealkylation sites (tertiary alicyclic amines) is 1. The van der Waals surface area contributed by atoms with Gasteiger partial charge in [0.05, 0.1) is 22.7 Å². The third kappa shape index (κ3) is 3.18. The summed E-state index contributed by atoms with van der Waals surface area (Å²) >= 11 is 7.37. The molecule has 4 atom stereocenters. The SMILES string of the molecule is CCCCN1C(=O)[C@@H]2[C@H](C1=O)[C@@]1(c3ccccc3)C(=O)[C@]2(c2ccccc2)c2c1c1ccc(Br)cc1c1cc(Br)ccc21. The van der Waals surface area contributed by atoms with Crippen LogP contribution in [0.4, 0.5) is 0 Å². The van der Waals surface area contributed by atoms with Gasteiger partial charge in [-0.25, -0.2) is 0 Å². The fourth-order valence-corrected chi connectivity index (χ4v) is 9.31. The number of halogens is 2. The van der Waals surface area contributed by atoms with Crippen LogP contribution in [0, 0.1) is 11.8 Å². The number of carbonyl (C=O) groups is 3. The van der Waals surface area contributed by atoms with Crippen LogP contribution in [0.15, 0.2) is 106 Å². The Morgan fingerprint density at radius 3 is 1.49 bits per heavy atom. The molecule has 1 aliphatic heterocycles. The van der Waals surface area contributed by atoms with Crippen molar-refractivity contribution in [3.05, 3.63) is 128 Å². The summed E-state index contributed by atoms with van der Waals surface area (Å²) in [6.07, 6.45) is 1.58. The fourth-order valence-electron chi connectivity index (χ4n) is 8.58. The molecule has 8 rings (SSSR count). The quantitative estimate of drug-likeness (QED) is 0.138. The Balaban J connectivity index is 1.63. The van der Waals surface area contributed by atoms with Gasteiger partial charge in [-0.1, -0.05) is 118 Å². The molecular weight excluding hydrogens is 666 g/mol. The van der Waals surface area contributed by atoms with Crippen LogP contribution in [0.25, 0.3) is 21.5 Å². The van der Waals surface area contributed by atoms with E-state index in [-0.39, 0.29) is 17.6 Å². The highest BCUT2D eigenvalue weighted by Gasteiger charge is 2.82. The number of Topliss-reactive ketones (excluding diaryl/α,β-unsaturated/α-hetero) is 1. The average molecular weight is 693 g/mol. The molecular formula is C37H27Br2NO3. The summed E-state index contributed by atoms with van der Waals surface area (Å²) in [5, 5.41) is 3.87. The zero-order chi connectivity index (χ0) is 29.7. The number of benzene rings is 5. The summed E-state index contributed by atoms with van der Waals surface area (Å²) in [7, 11) is 0. The van der Waals surface area contributed by atoms with Crippen molar-refractivity contribution in [3.63, 3.8) is 0 Å². The van der Waals surface area contributed by atoms with Gasteiger partial charge in [-0.15, -0.1) is 0 Å². The third-order valence-corrected chi connectivity index (χ3v) is 11.1. The number of unbranched alkanes of at least 4 members (excludes halogenated alkanes) is 1. The van der Waals surface area contributed by atoms with Crippen LogP contribution in [-0.4, -0.2) is 29.0 Å². The van der Waals surface area contributed by atoms with E-state index in [1.54, 1.807) is 0 Å². The summed E-state index contributed by atoms with van der Waals surface area (Å²) in [5.74, 6) is -2.20. The van der Waals surface area contributed by atoms with Crippen LogP contribution in [0.1, 0.15) is 42.0 Å². The molecule has 1 saturated heterocycles.